The molecule has 130 valence electrons. The van der Waals surface area contributed by atoms with E-state index in [0.29, 0.717) is 27.2 Å². The molecule has 0 spiro atoms. The molecule has 6 heteroatoms. The van der Waals surface area contributed by atoms with Gasteiger partial charge in [0.05, 0.1) is 16.6 Å². The Bertz CT molecular complexity index is 1110. The highest BCUT2D eigenvalue weighted by Gasteiger charge is 2.42. The molecule has 1 aliphatic heterocycles. The lowest BCUT2D eigenvalue weighted by Crippen LogP contribution is -2.30. The highest BCUT2D eigenvalue weighted by atomic mass is 35.5. The molecule has 0 saturated carbocycles. The van der Waals surface area contributed by atoms with Gasteiger partial charge in [0.1, 0.15) is 11.6 Å². The van der Waals surface area contributed by atoms with Gasteiger partial charge in [0.2, 0.25) is 5.76 Å². The smallest absolute Gasteiger partial charge is 0.291 e. The Morgan fingerprint density at radius 2 is 2.15 bits per heavy atom. The molecule has 1 aromatic carbocycles. The molecule has 1 atom stereocenters. The van der Waals surface area contributed by atoms with Gasteiger partial charge in [0.15, 0.2) is 5.43 Å². The number of aryl methyl sites for hydroxylation is 1. The first kappa shape index (κ1) is 16.5. The molecule has 4 rings (SSSR count). The van der Waals surface area contributed by atoms with Crippen LogP contribution in [0.2, 0.25) is 5.02 Å². The van der Waals surface area contributed by atoms with Crippen LogP contribution < -0.4 is 5.43 Å². The van der Waals surface area contributed by atoms with Crippen molar-refractivity contribution < 1.29 is 9.21 Å². The quantitative estimate of drug-likeness (QED) is 0.660. The summed E-state index contributed by atoms with van der Waals surface area (Å²) < 4.78 is 5.85. The van der Waals surface area contributed by atoms with Crippen LogP contribution in [0.5, 0.6) is 0 Å². The summed E-state index contributed by atoms with van der Waals surface area (Å²) in [4.78, 5) is 32.0. The number of halogens is 1. The lowest BCUT2D eigenvalue weighted by atomic mass is 10.0. The third-order valence-electron chi connectivity index (χ3n) is 4.54. The van der Waals surface area contributed by atoms with Crippen molar-refractivity contribution in [1.82, 2.24) is 9.88 Å². The zero-order valence-electron chi connectivity index (χ0n) is 14.0. The highest BCUT2D eigenvalue weighted by Crippen LogP contribution is 2.37. The van der Waals surface area contributed by atoms with Crippen LogP contribution in [-0.2, 0) is 0 Å². The van der Waals surface area contributed by atoms with E-state index in [2.05, 4.69) is 11.6 Å². The number of pyridine rings is 1. The number of fused-ring (bicyclic) bond motifs is 2. The van der Waals surface area contributed by atoms with Crippen molar-refractivity contribution in [2.75, 3.05) is 6.54 Å². The Morgan fingerprint density at radius 1 is 1.35 bits per heavy atom. The summed E-state index contributed by atoms with van der Waals surface area (Å²) >= 11 is 6.19. The molecule has 2 aromatic heterocycles. The number of aromatic nitrogens is 1. The Kier molecular flexibility index (Phi) is 3.89. The van der Waals surface area contributed by atoms with Gasteiger partial charge in [-0.1, -0.05) is 23.7 Å². The molecule has 5 nitrogen and oxygen atoms in total. The SMILES string of the molecule is C=CCN1C(=O)c2oc3cc(C)c(Cl)cc3c(=O)c2C1c1ccccn1. The highest BCUT2D eigenvalue weighted by molar-refractivity contribution is 6.32. The first-order valence-corrected chi connectivity index (χ1v) is 8.50. The fourth-order valence-corrected chi connectivity index (χ4v) is 3.48. The number of hydrogen-bond donors (Lipinski definition) is 0. The van der Waals surface area contributed by atoms with Gasteiger partial charge in [-0.15, -0.1) is 6.58 Å². The van der Waals surface area contributed by atoms with Gasteiger partial charge in [-0.3, -0.25) is 14.6 Å². The van der Waals surface area contributed by atoms with Crippen LogP contribution in [0.15, 0.2) is 58.4 Å². The summed E-state index contributed by atoms with van der Waals surface area (Å²) in [6, 6.07) is 8.05. The monoisotopic (exact) mass is 366 g/mol. The molecular weight excluding hydrogens is 352 g/mol. The van der Waals surface area contributed by atoms with Crippen LogP contribution in [0.1, 0.15) is 33.4 Å². The number of amides is 1. The standard InChI is InChI=1S/C20H15ClN2O3/c1-3-8-23-17(14-6-4-5-7-22-14)16-18(24)12-10-13(21)11(2)9-15(12)26-19(16)20(23)25/h3-7,9-10,17H,1,8H2,2H3. The van der Waals surface area contributed by atoms with Gasteiger partial charge in [-0.25, -0.2) is 0 Å². The van der Waals surface area contributed by atoms with Crippen molar-refractivity contribution >= 4 is 28.5 Å². The molecule has 1 amide bonds. The molecule has 0 saturated heterocycles. The van der Waals surface area contributed by atoms with Gasteiger partial charge < -0.3 is 9.32 Å². The Balaban J connectivity index is 2.05. The van der Waals surface area contributed by atoms with Crippen LogP contribution in [0.4, 0.5) is 0 Å². The van der Waals surface area contributed by atoms with E-state index in [0.717, 1.165) is 5.56 Å². The minimum atomic E-state index is -0.613. The lowest BCUT2D eigenvalue weighted by molar-refractivity contribution is 0.0746. The molecule has 0 N–H and O–H groups in total. The van der Waals surface area contributed by atoms with Crippen molar-refractivity contribution in [3.63, 3.8) is 0 Å². The first-order chi connectivity index (χ1) is 12.5. The summed E-state index contributed by atoms with van der Waals surface area (Å²) in [5, 5.41) is 0.833. The van der Waals surface area contributed by atoms with E-state index < -0.39 is 6.04 Å². The molecule has 0 aliphatic carbocycles. The predicted molar refractivity (Wildman–Crippen MR) is 99.5 cm³/mol. The Morgan fingerprint density at radius 3 is 2.85 bits per heavy atom. The Hall–Kier alpha value is -2.92. The second-order valence-corrected chi connectivity index (χ2v) is 6.58. The van der Waals surface area contributed by atoms with Gasteiger partial charge in [-0.2, -0.15) is 0 Å². The number of rotatable bonds is 3. The second kappa shape index (κ2) is 6.11. The van der Waals surface area contributed by atoms with E-state index in [-0.39, 0.29) is 23.6 Å². The van der Waals surface area contributed by atoms with Crippen molar-refractivity contribution in [2.24, 2.45) is 0 Å². The molecule has 26 heavy (non-hydrogen) atoms. The maximum absolute atomic E-state index is 13.2. The van der Waals surface area contributed by atoms with Crippen molar-refractivity contribution in [2.45, 2.75) is 13.0 Å². The topological polar surface area (TPSA) is 63.4 Å². The van der Waals surface area contributed by atoms with E-state index in [1.807, 2.05) is 13.0 Å². The average molecular weight is 367 g/mol. The number of carbonyl (C=O) groups is 1. The maximum Gasteiger partial charge on any atom is 0.291 e. The minimum absolute atomic E-state index is 0.0572. The van der Waals surface area contributed by atoms with Crippen LogP contribution in [0.3, 0.4) is 0 Å². The molecule has 0 bridgehead atoms. The largest absolute Gasteiger partial charge is 0.450 e. The molecular formula is C20H15ClN2O3. The van der Waals surface area contributed by atoms with E-state index in [9.17, 15) is 9.59 Å². The zero-order chi connectivity index (χ0) is 18.4. The lowest BCUT2D eigenvalue weighted by Gasteiger charge is -2.22. The van der Waals surface area contributed by atoms with E-state index >= 15 is 0 Å². The van der Waals surface area contributed by atoms with Gasteiger partial charge in [-0.05, 0) is 36.8 Å². The van der Waals surface area contributed by atoms with Crippen molar-refractivity contribution in [1.29, 1.82) is 0 Å². The third-order valence-corrected chi connectivity index (χ3v) is 4.95. The summed E-state index contributed by atoms with van der Waals surface area (Å²) in [6.45, 7) is 5.80. The Labute approximate surface area is 154 Å². The summed E-state index contributed by atoms with van der Waals surface area (Å²) in [6.07, 6.45) is 3.25. The van der Waals surface area contributed by atoms with Gasteiger partial charge >= 0.3 is 0 Å². The number of carbonyl (C=O) groups excluding carboxylic acids is 1. The number of benzene rings is 1. The van der Waals surface area contributed by atoms with E-state index in [1.165, 1.54) is 4.90 Å². The van der Waals surface area contributed by atoms with Crippen LogP contribution in [-0.4, -0.2) is 22.3 Å². The fourth-order valence-electron chi connectivity index (χ4n) is 3.31. The normalized spacial score (nSPS) is 16.2. The van der Waals surface area contributed by atoms with E-state index in [4.69, 9.17) is 16.0 Å². The molecule has 3 heterocycles. The predicted octanol–water partition coefficient (Wildman–Crippen LogP) is 3.88. The van der Waals surface area contributed by atoms with Crippen LogP contribution in [0, 0.1) is 6.92 Å². The third kappa shape index (κ3) is 2.35. The van der Waals surface area contributed by atoms with Gasteiger partial charge in [0, 0.05) is 17.8 Å². The number of hydrogen-bond acceptors (Lipinski definition) is 4. The zero-order valence-corrected chi connectivity index (χ0v) is 14.8. The maximum atomic E-state index is 13.2. The molecule has 0 fully saturated rings. The molecule has 3 aromatic rings. The van der Waals surface area contributed by atoms with Crippen LogP contribution >= 0.6 is 11.6 Å². The molecule has 0 radical (unpaired) electrons. The van der Waals surface area contributed by atoms with Gasteiger partial charge in [0.25, 0.3) is 5.91 Å². The molecule has 1 unspecified atom stereocenters. The summed E-state index contributed by atoms with van der Waals surface area (Å²) in [5.74, 6) is -0.288. The number of nitrogens with zero attached hydrogens (tertiary/aromatic N) is 2. The summed E-state index contributed by atoms with van der Waals surface area (Å²) in [7, 11) is 0. The van der Waals surface area contributed by atoms with Crippen molar-refractivity contribution in [3.8, 4) is 0 Å². The fraction of sp³-hybridized carbons (Fsp3) is 0.150. The van der Waals surface area contributed by atoms with E-state index in [1.54, 1.807) is 36.5 Å². The van der Waals surface area contributed by atoms with Crippen molar-refractivity contribution in [3.05, 3.63) is 87.0 Å². The van der Waals surface area contributed by atoms with Crippen LogP contribution in [0.25, 0.3) is 11.0 Å². The second-order valence-electron chi connectivity index (χ2n) is 6.17. The first-order valence-electron chi connectivity index (χ1n) is 8.12. The minimum Gasteiger partial charge on any atom is -0.450 e. The average Bonchev–Trinajstić information content (AvgIpc) is 2.91. The summed E-state index contributed by atoms with van der Waals surface area (Å²) in [5.41, 5.74) is 1.76. The molecule has 1 aliphatic rings.